The Balaban J connectivity index is 1.55. The number of carbonyl (C=O) groups is 2. The van der Waals surface area contributed by atoms with Crippen molar-refractivity contribution in [3.8, 4) is 0 Å². The Morgan fingerprint density at radius 2 is 1.72 bits per heavy atom. The summed E-state index contributed by atoms with van der Waals surface area (Å²) in [7, 11) is 0. The van der Waals surface area contributed by atoms with E-state index >= 15 is 0 Å². The number of amides is 3. The van der Waals surface area contributed by atoms with Gasteiger partial charge in [-0.15, -0.1) is 0 Å². The van der Waals surface area contributed by atoms with Crippen molar-refractivity contribution in [2.75, 3.05) is 28.6 Å². The Morgan fingerprint density at radius 3 is 2.50 bits per heavy atom. The molecule has 0 aromatic heterocycles. The molecule has 0 saturated carbocycles. The number of nitrogens with one attached hydrogen (secondary N) is 3. The molecule has 3 aromatic carbocycles. The van der Waals surface area contributed by atoms with Crippen LogP contribution in [0, 0.1) is 0 Å². The van der Waals surface area contributed by atoms with Crippen molar-refractivity contribution in [3.05, 3.63) is 66.2 Å². The van der Waals surface area contributed by atoms with Crippen LogP contribution in [-0.2, 0) is 0 Å². The minimum Gasteiger partial charge on any atom is -0.371 e. The van der Waals surface area contributed by atoms with Crippen molar-refractivity contribution in [1.82, 2.24) is 5.32 Å². The zero-order valence-electron chi connectivity index (χ0n) is 18.7. The van der Waals surface area contributed by atoms with E-state index in [9.17, 15) is 9.59 Å². The Labute approximate surface area is 189 Å². The van der Waals surface area contributed by atoms with Gasteiger partial charge in [-0.25, -0.2) is 4.79 Å². The topological polar surface area (TPSA) is 73.5 Å². The van der Waals surface area contributed by atoms with Gasteiger partial charge < -0.3 is 20.9 Å². The third-order valence-corrected chi connectivity index (χ3v) is 5.97. The van der Waals surface area contributed by atoms with Gasteiger partial charge in [0.15, 0.2) is 0 Å². The summed E-state index contributed by atoms with van der Waals surface area (Å²) in [6.07, 6.45) is 3.11. The van der Waals surface area contributed by atoms with Crippen LogP contribution in [0.15, 0.2) is 60.7 Å². The van der Waals surface area contributed by atoms with Gasteiger partial charge in [0.05, 0.1) is 11.3 Å². The lowest BCUT2D eigenvalue weighted by Gasteiger charge is -2.23. The summed E-state index contributed by atoms with van der Waals surface area (Å²) in [6.45, 7) is 5.92. The van der Waals surface area contributed by atoms with E-state index in [0.717, 1.165) is 54.5 Å². The highest BCUT2D eigenvalue weighted by atomic mass is 16.2. The summed E-state index contributed by atoms with van der Waals surface area (Å²) in [5, 5.41) is 10.9. The largest absolute Gasteiger partial charge is 0.371 e. The molecular weight excluding hydrogens is 400 g/mol. The molecule has 0 radical (unpaired) electrons. The molecule has 0 unspecified atom stereocenters. The lowest BCUT2D eigenvalue weighted by molar-refractivity contribution is 0.0939. The van der Waals surface area contributed by atoms with Crippen LogP contribution in [0.4, 0.5) is 21.9 Å². The second-order valence-corrected chi connectivity index (χ2v) is 8.31. The average Bonchev–Trinajstić information content (AvgIpc) is 3.34. The highest BCUT2D eigenvalue weighted by Gasteiger charge is 2.21. The lowest BCUT2D eigenvalue weighted by atomic mass is 10.1. The quantitative estimate of drug-likeness (QED) is 0.476. The molecule has 1 saturated heterocycles. The number of benzene rings is 3. The highest BCUT2D eigenvalue weighted by Crippen LogP contribution is 2.28. The van der Waals surface area contributed by atoms with Gasteiger partial charge in [-0.2, -0.15) is 0 Å². The summed E-state index contributed by atoms with van der Waals surface area (Å²) in [5.41, 5.74) is 2.84. The molecule has 4 rings (SSSR count). The van der Waals surface area contributed by atoms with E-state index in [0.29, 0.717) is 11.3 Å². The number of hydrogen-bond donors (Lipinski definition) is 3. The number of rotatable bonds is 6. The smallest absolute Gasteiger partial charge is 0.323 e. The molecule has 166 valence electrons. The Bertz CT molecular complexity index is 1120. The summed E-state index contributed by atoms with van der Waals surface area (Å²) >= 11 is 0. The van der Waals surface area contributed by atoms with Crippen LogP contribution in [0.5, 0.6) is 0 Å². The number of hydrogen-bond acceptors (Lipinski definition) is 3. The molecule has 3 N–H and O–H groups in total. The second-order valence-electron chi connectivity index (χ2n) is 8.31. The van der Waals surface area contributed by atoms with E-state index in [2.05, 4.69) is 20.9 Å². The SMILES string of the molecule is CC[C@@H](C)NC(=O)c1cc(NC(=O)Nc2cccc3ccccc23)ccc1N1CCCC1. The predicted octanol–water partition coefficient (Wildman–Crippen LogP) is 5.61. The zero-order valence-corrected chi connectivity index (χ0v) is 18.7. The van der Waals surface area contributed by atoms with Crippen LogP contribution in [0.1, 0.15) is 43.5 Å². The van der Waals surface area contributed by atoms with Crippen LogP contribution < -0.4 is 20.9 Å². The minimum atomic E-state index is -0.344. The van der Waals surface area contributed by atoms with Gasteiger partial charge in [-0.05, 0) is 55.8 Å². The van der Waals surface area contributed by atoms with Crippen molar-refractivity contribution in [1.29, 1.82) is 0 Å². The van der Waals surface area contributed by atoms with Crippen LogP contribution >= 0.6 is 0 Å². The molecule has 1 atom stereocenters. The normalized spacial score (nSPS) is 14.2. The maximum Gasteiger partial charge on any atom is 0.323 e. The molecule has 6 nitrogen and oxygen atoms in total. The third-order valence-electron chi connectivity index (χ3n) is 5.97. The van der Waals surface area contributed by atoms with Crippen LogP contribution in [0.25, 0.3) is 10.8 Å². The molecule has 1 heterocycles. The maximum absolute atomic E-state index is 13.0. The Morgan fingerprint density at radius 1 is 0.969 bits per heavy atom. The van der Waals surface area contributed by atoms with Crippen molar-refractivity contribution in [2.45, 2.75) is 39.2 Å². The number of nitrogens with zero attached hydrogens (tertiary/aromatic N) is 1. The van der Waals surface area contributed by atoms with Gasteiger partial charge in [-0.1, -0.05) is 43.3 Å². The Kier molecular flexibility index (Phi) is 6.59. The fraction of sp³-hybridized carbons (Fsp3) is 0.308. The van der Waals surface area contributed by atoms with Gasteiger partial charge in [0.1, 0.15) is 0 Å². The van der Waals surface area contributed by atoms with E-state index in [1.165, 1.54) is 0 Å². The van der Waals surface area contributed by atoms with Crippen molar-refractivity contribution in [2.24, 2.45) is 0 Å². The van der Waals surface area contributed by atoms with E-state index in [1.54, 1.807) is 6.07 Å². The van der Waals surface area contributed by atoms with E-state index in [4.69, 9.17) is 0 Å². The molecule has 0 spiro atoms. The number of fused-ring (bicyclic) bond motifs is 1. The number of urea groups is 1. The fourth-order valence-electron chi connectivity index (χ4n) is 4.05. The van der Waals surface area contributed by atoms with E-state index in [-0.39, 0.29) is 18.0 Å². The molecule has 1 aliphatic heterocycles. The standard InChI is InChI=1S/C26H30N4O2/c1-3-18(2)27-25(31)22-17-20(13-14-24(22)30-15-6-7-16-30)28-26(32)29-23-12-8-10-19-9-4-5-11-21(19)23/h4-5,8-14,17-18H,3,6-7,15-16H2,1-2H3,(H,27,31)(H2,28,29,32)/t18-/m1/s1. The van der Waals surface area contributed by atoms with Gasteiger partial charge in [-0.3, -0.25) is 4.79 Å². The van der Waals surface area contributed by atoms with Gasteiger partial charge in [0, 0.05) is 35.9 Å². The van der Waals surface area contributed by atoms with E-state index < -0.39 is 0 Å². The first kappa shape index (κ1) is 21.7. The molecule has 1 aliphatic rings. The molecular formula is C26H30N4O2. The average molecular weight is 431 g/mol. The number of carbonyl (C=O) groups excluding carboxylic acids is 2. The first-order chi connectivity index (χ1) is 15.5. The van der Waals surface area contributed by atoms with Gasteiger partial charge in [0.25, 0.3) is 5.91 Å². The first-order valence-corrected chi connectivity index (χ1v) is 11.3. The molecule has 3 aromatic rings. The van der Waals surface area contributed by atoms with E-state index in [1.807, 2.05) is 68.4 Å². The summed E-state index contributed by atoms with van der Waals surface area (Å²) in [6, 6.07) is 19.0. The molecule has 6 heteroatoms. The van der Waals surface area contributed by atoms with Crippen LogP contribution in [-0.4, -0.2) is 31.1 Å². The monoisotopic (exact) mass is 430 g/mol. The van der Waals surface area contributed by atoms with Crippen molar-refractivity contribution < 1.29 is 9.59 Å². The summed E-state index contributed by atoms with van der Waals surface area (Å²) < 4.78 is 0. The van der Waals surface area contributed by atoms with Crippen LogP contribution in [0.2, 0.25) is 0 Å². The number of anilines is 3. The molecule has 32 heavy (non-hydrogen) atoms. The zero-order chi connectivity index (χ0) is 22.5. The molecule has 0 aliphatic carbocycles. The summed E-state index contributed by atoms with van der Waals surface area (Å²) in [5.74, 6) is -0.112. The van der Waals surface area contributed by atoms with Crippen molar-refractivity contribution in [3.63, 3.8) is 0 Å². The molecule has 0 bridgehead atoms. The molecule has 1 fully saturated rings. The second kappa shape index (κ2) is 9.73. The minimum absolute atomic E-state index is 0.0835. The predicted molar refractivity (Wildman–Crippen MR) is 132 cm³/mol. The lowest BCUT2D eigenvalue weighted by Crippen LogP contribution is -2.33. The summed E-state index contributed by atoms with van der Waals surface area (Å²) in [4.78, 5) is 28.0. The fourth-order valence-corrected chi connectivity index (χ4v) is 4.05. The highest BCUT2D eigenvalue weighted by molar-refractivity contribution is 6.07. The first-order valence-electron chi connectivity index (χ1n) is 11.3. The Hall–Kier alpha value is -3.54. The maximum atomic E-state index is 13.0. The van der Waals surface area contributed by atoms with Gasteiger partial charge >= 0.3 is 6.03 Å². The van der Waals surface area contributed by atoms with Gasteiger partial charge in [0.2, 0.25) is 0 Å². The molecule has 3 amide bonds. The van der Waals surface area contributed by atoms with Crippen LogP contribution in [0.3, 0.4) is 0 Å². The third kappa shape index (κ3) is 4.85. The van der Waals surface area contributed by atoms with Crippen molar-refractivity contribution >= 4 is 39.8 Å².